The Hall–Kier alpha value is -0.590. The van der Waals surface area contributed by atoms with Crippen molar-refractivity contribution < 1.29 is 4.74 Å². The molecule has 0 radical (unpaired) electrons. The molecular formula is C16H30N2O. The van der Waals surface area contributed by atoms with E-state index in [1.165, 1.54) is 25.7 Å². The van der Waals surface area contributed by atoms with E-state index in [9.17, 15) is 5.26 Å². The van der Waals surface area contributed by atoms with E-state index in [4.69, 9.17) is 4.74 Å². The highest BCUT2D eigenvalue weighted by molar-refractivity contribution is 5.03. The van der Waals surface area contributed by atoms with Gasteiger partial charge in [-0.1, -0.05) is 20.8 Å². The van der Waals surface area contributed by atoms with Crippen molar-refractivity contribution in [2.45, 2.75) is 77.9 Å². The van der Waals surface area contributed by atoms with Crippen LogP contribution in [0.1, 0.15) is 66.2 Å². The Bertz CT molecular complexity index is 298. The van der Waals surface area contributed by atoms with Crippen LogP contribution in [0.2, 0.25) is 0 Å². The maximum absolute atomic E-state index is 9.25. The number of ether oxygens (including phenoxy) is 1. The lowest BCUT2D eigenvalue weighted by Gasteiger charge is -2.34. The van der Waals surface area contributed by atoms with Gasteiger partial charge in [-0.25, -0.2) is 0 Å². The highest BCUT2D eigenvalue weighted by Gasteiger charge is 2.28. The third-order valence-electron chi connectivity index (χ3n) is 4.25. The standard InChI is InChI=1S/C16H30N2O/c1-5-11-18-16(4,13-17)10-12-19-14-6-8-15(2,3)9-7-14/h14,18H,5-12H2,1-4H3. The van der Waals surface area contributed by atoms with Crippen LogP contribution in [0, 0.1) is 16.7 Å². The lowest BCUT2D eigenvalue weighted by Crippen LogP contribution is -2.42. The van der Waals surface area contributed by atoms with E-state index in [2.05, 4.69) is 32.2 Å². The second-order valence-electron chi connectivity index (χ2n) is 6.86. The summed E-state index contributed by atoms with van der Waals surface area (Å²) in [5, 5.41) is 12.6. The van der Waals surface area contributed by atoms with Gasteiger partial charge in [-0.3, -0.25) is 5.32 Å². The molecule has 1 N–H and O–H groups in total. The van der Waals surface area contributed by atoms with Crippen LogP contribution in [0.5, 0.6) is 0 Å². The first-order valence-corrected chi connectivity index (χ1v) is 7.69. The fourth-order valence-electron chi connectivity index (χ4n) is 2.55. The van der Waals surface area contributed by atoms with Crippen molar-refractivity contribution in [3.63, 3.8) is 0 Å². The van der Waals surface area contributed by atoms with E-state index < -0.39 is 5.54 Å². The SMILES string of the molecule is CCCNC(C)(C#N)CCOC1CCC(C)(C)CC1. The van der Waals surface area contributed by atoms with Crippen LogP contribution in [0.3, 0.4) is 0 Å². The molecular weight excluding hydrogens is 236 g/mol. The summed E-state index contributed by atoms with van der Waals surface area (Å²) in [7, 11) is 0. The molecule has 1 fully saturated rings. The van der Waals surface area contributed by atoms with Gasteiger partial charge in [0.1, 0.15) is 5.54 Å². The Labute approximate surface area is 118 Å². The molecule has 0 aromatic heterocycles. The molecule has 1 aliphatic carbocycles. The fourth-order valence-corrected chi connectivity index (χ4v) is 2.55. The van der Waals surface area contributed by atoms with Crippen molar-refractivity contribution >= 4 is 0 Å². The Morgan fingerprint density at radius 1 is 1.37 bits per heavy atom. The molecule has 0 bridgehead atoms. The van der Waals surface area contributed by atoms with Crippen molar-refractivity contribution in [2.75, 3.05) is 13.2 Å². The van der Waals surface area contributed by atoms with Gasteiger partial charge >= 0.3 is 0 Å². The minimum absolute atomic E-state index is 0.405. The quantitative estimate of drug-likeness (QED) is 0.765. The zero-order valence-electron chi connectivity index (χ0n) is 13.1. The maximum atomic E-state index is 9.25. The first kappa shape index (κ1) is 16.5. The first-order chi connectivity index (χ1) is 8.91. The fraction of sp³-hybridized carbons (Fsp3) is 0.938. The monoisotopic (exact) mass is 266 g/mol. The molecule has 0 amide bonds. The third-order valence-corrected chi connectivity index (χ3v) is 4.25. The Morgan fingerprint density at radius 3 is 2.53 bits per heavy atom. The average Bonchev–Trinajstić information content (AvgIpc) is 2.38. The number of nitrogens with zero attached hydrogens (tertiary/aromatic N) is 1. The minimum atomic E-state index is -0.441. The predicted octanol–water partition coefficient (Wildman–Crippen LogP) is 3.64. The summed E-state index contributed by atoms with van der Waals surface area (Å²) in [6, 6.07) is 2.37. The highest BCUT2D eigenvalue weighted by atomic mass is 16.5. The maximum Gasteiger partial charge on any atom is 0.106 e. The Morgan fingerprint density at radius 2 is 2.00 bits per heavy atom. The van der Waals surface area contributed by atoms with Crippen LogP contribution < -0.4 is 5.32 Å². The van der Waals surface area contributed by atoms with Gasteiger partial charge in [0.05, 0.1) is 12.2 Å². The summed E-state index contributed by atoms with van der Waals surface area (Å²) < 4.78 is 5.96. The van der Waals surface area contributed by atoms with Gasteiger partial charge in [0.2, 0.25) is 0 Å². The molecule has 1 aliphatic rings. The van der Waals surface area contributed by atoms with Crippen LogP contribution in [0.25, 0.3) is 0 Å². The van der Waals surface area contributed by atoms with Crippen LogP contribution in [-0.4, -0.2) is 24.8 Å². The van der Waals surface area contributed by atoms with Crippen molar-refractivity contribution in [1.82, 2.24) is 5.32 Å². The van der Waals surface area contributed by atoms with E-state index in [0.29, 0.717) is 18.1 Å². The topological polar surface area (TPSA) is 45.0 Å². The van der Waals surface area contributed by atoms with Crippen molar-refractivity contribution in [3.8, 4) is 6.07 Å². The lowest BCUT2D eigenvalue weighted by molar-refractivity contribution is -0.00140. The summed E-state index contributed by atoms with van der Waals surface area (Å²) >= 11 is 0. The number of rotatable bonds is 7. The normalized spacial score (nSPS) is 22.7. The zero-order valence-corrected chi connectivity index (χ0v) is 13.1. The largest absolute Gasteiger partial charge is 0.378 e. The summed E-state index contributed by atoms with van der Waals surface area (Å²) in [5.74, 6) is 0. The molecule has 0 aromatic carbocycles. The first-order valence-electron chi connectivity index (χ1n) is 7.69. The molecule has 1 atom stereocenters. The van der Waals surface area contributed by atoms with Crippen LogP contribution in [0.4, 0.5) is 0 Å². The van der Waals surface area contributed by atoms with Crippen LogP contribution in [0.15, 0.2) is 0 Å². The molecule has 110 valence electrons. The van der Waals surface area contributed by atoms with E-state index in [1.807, 2.05) is 6.92 Å². The van der Waals surface area contributed by atoms with E-state index >= 15 is 0 Å². The van der Waals surface area contributed by atoms with Crippen molar-refractivity contribution in [2.24, 2.45) is 5.41 Å². The molecule has 1 saturated carbocycles. The van der Waals surface area contributed by atoms with Gasteiger partial charge < -0.3 is 4.74 Å². The number of hydrogen-bond acceptors (Lipinski definition) is 3. The van der Waals surface area contributed by atoms with Crippen molar-refractivity contribution in [1.29, 1.82) is 5.26 Å². The molecule has 1 rings (SSSR count). The molecule has 3 nitrogen and oxygen atoms in total. The minimum Gasteiger partial charge on any atom is -0.378 e. The number of nitriles is 1. The van der Waals surface area contributed by atoms with E-state index in [0.717, 1.165) is 19.4 Å². The van der Waals surface area contributed by atoms with Gasteiger partial charge in [0.25, 0.3) is 0 Å². The van der Waals surface area contributed by atoms with Gasteiger partial charge in [-0.05, 0) is 51.0 Å². The van der Waals surface area contributed by atoms with Crippen molar-refractivity contribution in [3.05, 3.63) is 0 Å². The van der Waals surface area contributed by atoms with Gasteiger partial charge in [0.15, 0.2) is 0 Å². The summed E-state index contributed by atoms with van der Waals surface area (Å²) in [4.78, 5) is 0. The van der Waals surface area contributed by atoms with E-state index in [-0.39, 0.29) is 0 Å². The van der Waals surface area contributed by atoms with Gasteiger partial charge in [-0.15, -0.1) is 0 Å². The Kier molecular flexibility index (Phi) is 6.29. The molecule has 0 heterocycles. The van der Waals surface area contributed by atoms with Gasteiger partial charge in [0, 0.05) is 13.0 Å². The third kappa shape index (κ3) is 5.93. The second-order valence-corrected chi connectivity index (χ2v) is 6.86. The molecule has 19 heavy (non-hydrogen) atoms. The lowest BCUT2D eigenvalue weighted by atomic mass is 9.76. The number of nitrogens with one attached hydrogen (secondary N) is 1. The van der Waals surface area contributed by atoms with E-state index in [1.54, 1.807) is 0 Å². The summed E-state index contributed by atoms with van der Waals surface area (Å²) in [6.07, 6.45) is 7.06. The molecule has 0 saturated heterocycles. The second kappa shape index (κ2) is 7.26. The average molecular weight is 266 g/mol. The molecule has 1 unspecified atom stereocenters. The summed E-state index contributed by atoms with van der Waals surface area (Å²) in [6.45, 7) is 10.3. The summed E-state index contributed by atoms with van der Waals surface area (Å²) in [5.41, 5.74) is 0.0493. The Balaban J connectivity index is 2.24. The molecule has 0 spiro atoms. The molecule has 0 aliphatic heterocycles. The smallest absolute Gasteiger partial charge is 0.106 e. The zero-order chi connectivity index (χ0) is 14.4. The van der Waals surface area contributed by atoms with Crippen LogP contribution in [-0.2, 0) is 4.74 Å². The highest BCUT2D eigenvalue weighted by Crippen LogP contribution is 2.36. The molecule has 3 heteroatoms. The van der Waals surface area contributed by atoms with Gasteiger partial charge in [-0.2, -0.15) is 5.26 Å². The molecule has 0 aromatic rings. The van der Waals surface area contributed by atoms with Crippen LogP contribution >= 0.6 is 0 Å². The number of hydrogen-bond donors (Lipinski definition) is 1. The predicted molar refractivity (Wildman–Crippen MR) is 78.9 cm³/mol.